The Morgan fingerprint density at radius 2 is 2.21 bits per heavy atom. The van der Waals surface area contributed by atoms with E-state index in [0.717, 1.165) is 6.54 Å². The van der Waals surface area contributed by atoms with E-state index in [4.69, 9.17) is 9.84 Å². The summed E-state index contributed by atoms with van der Waals surface area (Å²) in [6.45, 7) is 4.03. The van der Waals surface area contributed by atoms with Gasteiger partial charge in [0.05, 0.1) is 26.0 Å². The monoisotopic (exact) mass is 221 g/mol. The van der Waals surface area contributed by atoms with Crippen LogP contribution in [0.1, 0.15) is 6.92 Å². The summed E-state index contributed by atoms with van der Waals surface area (Å²) < 4.78 is 5.20. The predicted molar refractivity (Wildman–Crippen MR) is 57.7 cm³/mol. The zero-order valence-electron chi connectivity index (χ0n) is 8.68. The average molecular weight is 221 g/mol. The van der Waals surface area contributed by atoms with Gasteiger partial charge in [0.15, 0.2) is 0 Å². The first-order valence-electron chi connectivity index (χ1n) is 4.78. The largest absolute Gasteiger partial charge is 0.394 e. The lowest BCUT2D eigenvalue weighted by Gasteiger charge is -2.24. The lowest BCUT2D eigenvalue weighted by molar-refractivity contribution is 0.0617. The summed E-state index contributed by atoms with van der Waals surface area (Å²) in [4.78, 5) is 2.18. The highest BCUT2D eigenvalue weighted by Gasteiger charge is 2.31. The number of thiol groups is 1. The molecule has 0 radical (unpaired) electrons. The second kappa shape index (κ2) is 5.89. The number of aliphatic hydroxyl groups is 1. The van der Waals surface area contributed by atoms with Crippen molar-refractivity contribution in [1.29, 1.82) is 0 Å². The summed E-state index contributed by atoms with van der Waals surface area (Å²) in [6.07, 6.45) is 0.315. The number of hydrazine groups is 1. The van der Waals surface area contributed by atoms with Crippen LogP contribution in [-0.2, 0) is 4.74 Å². The molecule has 0 aromatic heterocycles. The van der Waals surface area contributed by atoms with Crippen LogP contribution in [0.3, 0.4) is 0 Å². The zero-order valence-corrected chi connectivity index (χ0v) is 9.57. The fourth-order valence-electron chi connectivity index (χ4n) is 1.44. The summed E-state index contributed by atoms with van der Waals surface area (Å²) in [5.41, 5.74) is 3.22. The second-order valence-electron chi connectivity index (χ2n) is 3.32. The van der Waals surface area contributed by atoms with E-state index in [1.54, 1.807) is 0 Å². The van der Waals surface area contributed by atoms with Crippen molar-refractivity contribution in [3.8, 4) is 0 Å². The molecule has 0 spiro atoms. The van der Waals surface area contributed by atoms with Crippen molar-refractivity contribution in [1.82, 2.24) is 15.3 Å². The lowest BCUT2D eigenvalue weighted by Crippen LogP contribution is -2.38. The standard InChI is InChI=1S/C8H19N3O2S/c1-7-10(2)9-8(14)11(7)3-5-13-6-4-12/h7-9,12,14H,3-6H2,1-2H3. The Labute approximate surface area is 90.4 Å². The molecule has 1 fully saturated rings. The highest BCUT2D eigenvalue weighted by atomic mass is 32.1. The van der Waals surface area contributed by atoms with E-state index < -0.39 is 0 Å². The molecule has 6 heteroatoms. The van der Waals surface area contributed by atoms with Crippen molar-refractivity contribution in [2.24, 2.45) is 0 Å². The summed E-state index contributed by atoms with van der Waals surface area (Å²) in [5.74, 6) is 0. The molecule has 1 heterocycles. The van der Waals surface area contributed by atoms with Crippen LogP contribution in [0.15, 0.2) is 0 Å². The molecule has 0 aliphatic carbocycles. The SMILES string of the molecule is CC1N(C)NC(S)N1CCOCCO. The van der Waals surface area contributed by atoms with Gasteiger partial charge in [0, 0.05) is 13.6 Å². The lowest BCUT2D eigenvalue weighted by atomic mass is 10.4. The third kappa shape index (κ3) is 3.08. The molecule has 84 valence electrons. The molecule has 1 rings (SSSR count). The van der Waals surface area contributed by atoms with Crippen molar-refractivity contribution in [3.63, 3.8) is 0 Å². The van der Waals surface area contributed by atoms with Crippen molar-refractivity contribution < 1.29 is 9.84 Å². The molecule has 2 unspecified atom stereocenters. The molecule has 0 saturated carbocycles. The van der Waals surface area contributed by atoms with Crippen molar-refractivity contribution in [3.05, 3.63) is 0 Å². The van der Waals surface area contributed by atoms with E-state index in [2.05, 4.69) is 29.9 Å². The van der Waals surface area contributed by atoms with Crippen molar-refractivity contribution >= 4 is 12.6 Å². The van der Waals surface area contributed by atoms with Crippen LogP contribution in [0.25, 0.3) is 0 Å². The summed E-state index contributed by atoms with van der Waals surface area (Å²) in [5, 5.41) is 10.5. The molecule has 1 aliphatic rings. The average Bonchev–Trinajstić information content (AvgIpc) is 2.38. The zero-order chi connectivity index (χ0) is 10.6. The second-order valence-corrected chi connectivity index (χ2v) is 3.81. The van der Waals surface area contributed by atoms with Gasteiger partial charge < -0.3 is 9.84 Å². The minimum absolute atomic E-state index is 0.0488. The predicted octanol–water partition coefficient (Wildman–Crippen LogP) is -0.693. The molecule has 0 bridgehead atoms. The number of hydrogen-bond donors (Lipinski definition) is 3. The van der Waals surface area contributed by atoms with Crippen molar-refractivity contribution in [2.45, 2.75) is 18.6 Å². The number of nitrogens with one attached hydrogen (secondary N) is 1. The quantitative estimate of drug-likeness (QED) is 0.424. The van der Waals surface area contributed by atoms with E-state index in [1.165, 1.54) is 0 Å². The molecule has 1 aliphatic heterocycles. The molecule has 0 aromatic rings. The third-order valence-corrected chi connectivity index (χ3v) is 2.82. The van der Waals surface area contributed by atoms with Crippen LogP contribution in [-0.4, -0.2) is 60.1 Å². The summed E-state index contributed by atoms with van der Waals surface area (Å²) >= 11 is 4.40. The fourth-order valence-corrected chi connectivity index (χ4v) is 1.93. The molecule has 0 amide bonds. The van der Waals surface area contributed by atoms with Crippen LogP contribution < -0.4 is 5.43 Å². The van der Waals surface area contributed by atoms with Gasteiger partial charge in [-0.1, -0.05) is 0 Å². The van der Waals surface area contributed by atoms with Gasteiger partial charge in [-0.15, -0.1) is 12.6 Å². The molecular weight excluding hydrogens is 202 g/mol. The van der Waals surface area contributed by atoms with E-state index in [1.807, 2.05) is 12.1 Å². The van der Waals surface area contributed by atoms with Crippen LogP contribution >= 0.6 is 12.6 Å². The third-order valence-electron chi connectivity index (χ3n) is 2.40. The van der Waals surface area contributed by atoms with Crippen molar-refractivity contribution in [2.75, 3.05) is 33.4 Å². The van der Waals surface area contributed by atoms with Gasteiger partial charge in [-0.05, 0) is 6.92 Å². The highest BCUT2D eigenvalue weighted by Crippen LogP contribution is 2.15. The van der Waals surface area contributed by atoms with Crippen LogP contribution in [0, 0.1) is 0 Å². The molecule has 2 N–H and O–H groups in total. The molecule has 1 saturated heterocycles. The maximum atomic E-state index is 8.53. The smallest absolute Gasteiger partial charge is 0.119 e. The van der Waals surface area contributed by atoms with Crippen LogP contribution in [0.2, 0.25) is 0 Å². The van der Waals surface area contributed by atoms with E-state index in [9.17, 15) is 0 Å². The maximum Gasteiger partial charge on any atom is 0.119 e. The Hall–Kier alpha value is 0.150. The van der Waals surface area contributed by atoms with Gasteiger partial charge >= 0.3 is 0 Å². The first-order valence-corrected chi connectivity index (χ1v) is 5.30. The highest BCUT2D eigenvalue weighted by molar-refractivity contribution is 7.80. The summed E-state index contributed by atoms with van der Waals surface area (Å²) in [7, 11) is 1.99. The first kappa shape index (κ1) is 12.2. The topological polar surface area (TPSA) is 48.0 Å². The van der Waals surface area contributed by atoms with Crippen LogP contribution in [0.4, 0.5) is 0 Å². The molecule has 2 atom stereocenters. The van der Waals surface area contributed by atoms with Gasteiger partial charge in [0.1, 0.15) is 5.50 Å². The Morgan fingerprint density at radius 1 is 1.50 bits per heavy atom. The fraction of sp³-hybridized carbons (Fsp3) is 1.00. The number of rotatable bonds is 5. The minimum Gasteiger partial charge on any atom is -0.394 e. The van der Waals surface area contributed by atoms with Gasteiger partial charge in [-0.3, -0.25) is 4.90 Å². The van der Waals surface area contributed by atoms with Gasteiger partial charge in [0.2, 0.25) is 0 Å². The maximum absolute atomic E-state index is 8.53. The van der Waals surface area contributed by atoms with E-state index in [0.29, 0.717) is 19.4 Å². The van der Waals surface area contributed by atoms with E-state index >= 15 is 0 Å². The van der Waals surface area contributed by atoms with Gasteiger partial charge in [-0.25, -0.2) is 10.4 Å². The molecule has 0 aromatic carbocycles. The molecule has 5 nitrogen and oxygen atoms in total. The minimum atomic E-state index is 0.0488. The van der Waals surface area contributed by atoms with Crippen LogP contribution in [0.5, 0.6) is 0 Å². The number of ether oxygens (including phenoxy) is 1. The number of aliphatic hydroxyl groups excluding tert-OH is 1. The Balaban J connectivity index is 2.22. The number of nitrogens with zero attached hydrogens (tertiary/aromatic N) is 2. The van der Waals surface area contributed by atoms with Gasteiger partial charge in [-0.2, -0.15) is 0 Å². The summed E-state index contributed by atoms with van der Waals surface area (Å²) in [6, 6.07) is 0. The normalized spacial score (nSPS) is 30.0. The first-order chi connectivity index (χ1) is 6.66. The Bertz CT molecular complexity index is 173. The molecule has 14 heavy (non-hydrogen) atoms. The van der Waals surface area contributed by atoms with E-state index in [-0.39, 0.29) is 12.1 Å². The number of hydrogen-bond acceptors (Lipinski definition) is 6. The Morgan fingerprint density at radius 3 is 2.71 bits per heavy atom. The molecular formula is C8H19N3O2S. The van der Waals surface area contributed by atoms with Gasteiger partial charge in [0.25, 0.3) is 0 Å². The Kier molecular flexibility index (Phi) is 5.14.